The number of anilines is 1. The van der Waals surface area contributed by atoms with Gasteiger partial charge in [-0.2, -0.15) is 0 Å². The van der Waals surface area contributed by atoms with Crippen molar-refractivity contribution in [2.24, 2.45) is 0 Å². The first-order chi connectivity index (χ1) is 11.0. The zero-order valence-corrected chi connectivity index (χ0v) is 12.6. The monoisotopic (exact) mass is 336 g/mol. The molecule has 0 saturated heterocycles. The van der Waals surface area contributed by atoms with Crippen molar-refractivity contribution >= 4 is 23.3 Å². The number of nitrogens with zero attached hydrogens (tertiary/aromatic N) is 2. The third-order valence-corrected chi connectivity index (χ3v) is 3.55. The Morgan fingerprint density at radius 2 is 1.96 bits per heavy atom. The zero-order chi connectivity index (χ0) is 16.4. The van der Waals surface area contributed by atoms with Crippen molar-refractivity contribution < 1.29 is 18.3 Å². The van der Waals surface area contributed by atoms with E-state index >= 15 is 0 Å². The third kappa shape index (κ3) is 3.32. The van der Waals surface area contributed by atoms with E-state index in [4.69, 9.17) is 16.3 Å². The van der Waals surface area contributed by atoms with Gasteiger partial charge in [0.15, 0.2) is 0 Å². The van der Waals surface area contributed by atoms with Crippen molar-refractivity contribution in [3.63, 3.8) is 0 Å². The van der Waals surface area contributed by atoms with Crippen LogP contribution in [0, 0.1) is 11.6 Å². The number of rotatable bonds is 4. The first-order valence-corrected chi connectivity index (χ1v) is 7.11. The lowest BCUT2D eigenvalue weighted by molar-refractivity contribution is -0.134. The third-order valence-electron chi connectivity index (χ3n) is 3.33. The molecule has 1 aromatic heterocycles. The maximum absolute atomic E-state index is 14.1. The van der Waals surface area contributed by atoms with Gasteiger partial charge in [0.05, 0.1) is 5.70 Å². The number of para-hydroxylation sites is 1. The van der Waals surface area contributed by atoms with Crippen LogP contribution in [-0.2, 0) is 16.1 Å². The van der Waals surface area contributed by atoms with Crippen LogP contribution >= 0.6 is 11.6 Å². The number of benzene rings is 1. The van der Waals surface area contributed by atoms with Crippen molar-refractivity contribution in [2.75, 3.05) is 11.5 Å². The summed E-state index contributed by atoms with van der Waals surface area (Å²) in [6.07, 6.45) is 2.72. The smallest absolute Gasteiger partial charge is 0.333 e. The van der Waals surface area contributed by atoms with Crippen LogP contribution in [0.15, 0.2) is 48.3 Å². The minimum atomic E-state index is -0.729. The average molecular weight is 337 g/mol. The number of carbonyl (C=O) groups is 1. The number of carbonyl (C=O) groups excluding carboxylic acids is 1. The van der Waals surface area contributed by atoms with E-state index in [1.54, 1.807) is 12.1 Å². The van der Waals surface area contributed by atoms with Crippen LogP contribution in [0.4, 0.5) is 14.5 Å². The minimum absolute atomic E-state index is 0.0480. The Labute approximate surface area is 136 Å². The molecule has 0 saturated carbocycles. The highest BCUT2D eigenvalue weighted by Gasteiger charge is 2.25. The number of esters is 1. The molecule has 2 aromatic rings. The van der Waals surface area contributed by atoms with E-state index in [1.807, 2.05) is 0 Å². The van der Waals surface area contributed by atoms with Crippen LogP contribution in [0.5, 0.6) is 0 Å². The standard InChI is InChI=1S/C16H11ClF2N2O2/c17-14-5-4-10(7-20-14)8-21(11-6-15(22)23-9-11)16-12(18)2-1-3-13(16)19/h1-7H,8-9H2. The van der Waals surface area contributed by atoms with Gasteiger partial charge in [-0.05, 0) is 23.8 Å². The fraction of sp³-hybridized carbons (Fsp3) is 0.125. The Kier molecular flexibility index (Phi) is 4.25. The molecule has 1 aliphatic heterocycles. The average Bonchev–Trinajstić information content (AvgIpc) is 2.94. The van der Waals surface area contributed by atoms with Crippen molar-refractivity contribution in [3.8, 4) is 0 Å². The summed E-state index contributed by atoms with van der Waals surface area (Å²) >= 11 is 5.74. The predicted molar refractivity (Wildman–Crippen MR) is 80.8 cm³/mol. The van der Waals surface area contributed by atoms with Crippen molar-refractivity contribution in [1.29, 1.82) is 0 Å². The highest BCUT2D eigenvalue weighted by atomic mass is 35.5. The van der Waals surface area contributed by atoms with E-state index in [-0.39, 0.29) is 18.8 Å². The van der Waals surface area contributed by atoms with Gasteiger partial charge >= 0.3 is 5.97 Å². The quantitative estimate of drug-likeness (QED) is 0.633. The van der Waals surface area contributed by atoms with E-state index in [9.17, 15) is 13.6 Å². The maximum atomic E-state index is 14.1. The fourth-order valence-electron chi connectivity index (χ4n) is 2.27. The van der Waals surface area contributed by atoms with Gasteiger partial charge in [-0.1, -0.05) is 23.7 Å². The molecule has 3 rings (SSSR count). The van der Waals surface area contributed by atoms with Gasteiger partial charge in [0.25, 0.3) is 0 Å². The van der Waals surface area contributed by atoms with E-state index < -0.39 is 17.6 Å². The summed E-state index contributed by atoms with van der Waals surface area (Å²) in [6, 6.07) is 6.87. The molecule has 1 aliphatic rings. The lowest BCUT2D eigenvalue weighted by Crippen LogP contribution is -2.25. The first kappa shape index (κ1) is 15.4. The molecule has 0 N–H and O–H groups in total. The van der Waals surface area contributed by atoms with Gasteiger partial charge in [-0.15, -0.1) is 0 Å². The lowest BCUT2D eigenvalue weighted by atomic mass is 10.2. The first-order valence-electron chi connectivity index (χ1n) is 6.74. The van der Waals surface area contributed by atoms with Crippen molar-refractivity contribution in [3.05, 3.63) is 70.7 Å². The van der Waals surface area contributed by atoms with E-state index in [1.165, 1.54) is 23.2 Å². The zero-order valence-electron chi connectivity index (χ0n) is 11.8. The molecule has 2 heterocycles. The van der Waals surface area contributed by atoms with Crippen LogP contribution in [-0.4, -0.2) is 17.6 Å². The van der Waals surface area contributed by atoms with Crippen LogP contribution in [0.3, 0.4) is 0 Å². The molecule has 23 heavy (non-hydrogen) atoms. The Balaban J connectivity index is 2.02. The summed E-state index contributed by atoms with van der Waals surface area (Å²) in [5, 5.41) is 0.316. The Morgan fingerprint density at radius 1 is 1.22 bits per heavy atom. The Bertz CT molecular complexity index is 758. The number of aromatic nitrogens is 1. The Morgan fingerprint density at radius 3 is 2.52 bits per heavy atom. The van der Waals surface area contributed by atoms with Gasteiger partial charge < -0.3 is 9.64 Å². The maximum Gasteiger partial charge on any atom is 0.333 e. The number of halogens is 3. The molecule has 0 amide bonds. The number of ether oxygens (including phenoxy) is 1. The Hall–Kier alpha value is -2.47. The number of hydrogen-bond acceptors (Lipinski definition) is 4. The number of cyclic esters (lactones) is 1. The van der Waals surface area contributed by atoms with E-state index in [2.05, 4.69) is 4.98 Å². The second-order valence-electron chi connectivity index (χ2n) is 4.89. The van der Waals surface area contributed by atoms with Gasteiger partial charge in [0.2, 0.25) is 0 Å². The summed E-state index contributed by atoms with van der Waals surface area (Å²) in [4.78, 5) is 16.6. The van der Waals surface area contributed by atoms with Gasteiger partial charge in [0, 0.05) is 18.8 Å². The van der Waals surface area contributed by atoms with Crippen molar-refractivity contribution in [2.45, 2.75) is 6.54 Å². The highest BCUT2D eigenvalue weighted by Crippen LogP contribution is 2.29. The summed E-state index contributed by atoms with van der Waals surface area (Å²) < 4.78 is 33.1. The topological polar surface area (TPSA) is 42.4 Å². The summed E-state index contributed by atoms with van der Waals surface area (Å²) in [7, 11) is 0. The summed E-state index contributed by atoms with van der Waals surface area (Å²) in [5.41, 5.74) is 0.804. The summed E-state index contributed by atoms with van der Waals surface area (Å²) in [6.45, 7) is 0.0676. The molecule has 4 nitrogen and oxygen atoms in total. The molecule has 7 heteroatoms. The van der Waals surface area contributed by atoms with E-state index in [0.29, 0.717) is 16.4 Å². The molecule has 0 bridgehead atoms. The second-order valence-corrected chi connectivity index (χ2v) is 5.28. The predicted octanol–water partition coefficient (Wildman–Crippen LogP) is 3.46. The van der Waals surface area contributed by atoms with Crippen LogP contribution in [0.25, 0.3) is 0 Å². The van der Waals surface area contributed by atoms with E-state index in [0.717, 1.165) is 12.1 Å². The minimum Gasteiger partial charge on any atom is -0.456 e. The largest absolute Gasteiger partial charge is 0.456 e. The van der Waals surface area contributed by atoms with Crippen LogP contribution in [0.1, 0.15) is 5.56 Å². The molecule has 0 unspecified atom stereocenters. The molecular formula is C16H11ClF2N2O2. The lowest BCUT2D eigenvalue weighted by Gasteiger charge is -2.26. The fourth-order valence-corrected chi connectivity index (χ4v) is 2.39. The second kappa shape index (κ2) is 6.34. The molecule has 118 valence electrons. The molecular weight excluding hydrogens is 326 g/mol. The van der Waals surface area contributed by atoms with Crippen LogP contribution < -0.4 is 4.90 Å². The number of hydrogen-bond donors (Lipinski definition) is 0. The van der Waals surface area contributed by atoms with Gasteiger partial charge in [0.1, 0.15) is 29.1 Å². The number of pyridine rings is 1. The molecule has 0 spiro atoms. The van der Waals surface area contributed by atoms with Gasteiger partial charge in [-0.3, -0.25) is 0 Å². The normalized spacial score (nSPS) is 13.7. The molecule has 0 atom stereocenters. The molecule has 0 aliphatic carbocycles. The summed E-state index contributed by atoms with van der Waals surface area (Å²) in [5.74, 6) is -2.00. The van der Waals surface area contributed by atoms with Gasteiger partial charge in [-0.25, -0.2) is 18.6 Å². The van der Waals surface area contributed by atoms with Crippen LogP contribution in [0.2, 0.25) is 5.15 Å². The highest BCUT2D eigenvalue weighted by molar-refractivity contribution is 6.29. The molecule has 0 fully saturated rings. The van der Waals surface area contributed by atoms with Crippen molar-refractivity contribution in [1.82, 2.24) is 4.98 Å². The molecule has 0 radical (unpaired) electrons. The molecule has 1 aromatic carbocycles. The SMILES string of the molecule is O=C1C=C(N(Cc2ccc(Cl)nc2)c2c(F)cccc2F)CO1.